The zero-order chi connectivity index (χ0) is 22.4. The summed E-state index contributed by atoms with van der Waals surface area (Å²) >= 11 is 8.54. The van der Waals surface area contributed by atoms with E-state index < -0.39 is 10.8 Å². The average Bonchev–Trinajstić information content (AvgIpc) is 3.22. The molecule has 0 atom stereocenters. The molecular weight excluding hydrogens is 486 g/mol. The highest BCUT2D eigenvalue weighted by molar-refractivity contribution is 9.10. The number of nitrogens with zero attached hydrogens (tertiary/aromatic N) is 1. The van der Waals surface area contributed by atoms with Gasteiger partial charge in [0.2, 0.25) is 0 Å². The lowest BCUT2D eigenvalue weighted by Crippen LogP contribution is -2.38. The van der Waals surface area contributed by atoms with Crippen molar-refractivity contribution in [1.29, 1.82) is 0 Å². The number of nitro benzene ring substituents is 1. The van der Waals surface area contributed by atoms with Crippen LogP contribution in [0.25, 0.3) is 11.3 Å². The van der Waals surface area contributed by atoms with Crippen LogP contribution in [0.5, 0.6) is 5.75 Å². The van der Waals surface area contributed by atoms with Crippen LogP contribution in [0.2, 0.25) is 0 Å². The number of halogens is 1. The molecule has 3 aromatic rings. The van der Waals surface area contributed by atoms with Crippen molar-refractivity contribution in [2.24, 2.45) is 0 Å². The molecule has 0 saturated carbocycles. The Labute approximate surface area is 191 Å². The number of ether oxygens (including phenoxy) is 1. The summed E-state index contributed by atoms with van der Waals surface area (Å²) in [6.45, 7) is 2.26. The molecule has 0 radical (unpaired) electrons. The van der Waals surface area contributed by atoms with E-state index in [9.17, 15) is 14.9 Å². The van der Waals surface area contributed by atoms with Crippen LogP contribution >= 0.6 is 28.1 Å². The second-order valence-corrected chi connectivity index (χ2v) is 7.61. The third-order valence-electron chi connectivity index (χ3n) is 4.16. The molecule has 10 heteroatoms. The molecule has 1 heterocycles. The minimum atomic E-state index is -0.599. The Morgan fingerprint density at radius 3 is 2.61 bits per heavy atom. The fourth-order valence-corrected chi connectivity index (χ4v) is 3.14. The summed E-state index contributed by atoms with van der Waals surface area (Å²) in [7, 11) is 0. The van der Waals surface area contributed by atoms with Gasteiger partial charge in [0, 0.05) is 21.7 Å². The number of nitrogens with one attached hydrogen (secondary N) is 2. The number of amides is 1. The van der Waals surface area contributed by atoms with Gasteiger partial charge in [-0.25, -0.2) is 0 Å². The van der Waals surface area contributed by atoms with E-state index in [2.05, 4.69) is 26.6 Å². The molecule has 0 aliphatic rings. The molecule has 0 aliphatic carbocycles. The van der Waals surface area contributed by atoms with Crippen molar-refractivity contribution in [3.63, 3.8) is 0 Å². The van der Waals surface area contributed by atoms with Crippen molar-refractivity contribution in [3.8, 4) is 17.1 Å². The third-order valence-corrected chi connectivity index (χ3v) is 4.93. The summed E-state index contributed by atoms with van der Waals surface area (Å²) in [5, 5.41) is 16.7. The van der Waals surface area contributed by atoms with E-state index in [1.807, 2.05) is 36.4 Å². The monoisotopic (exact) mass is 503 g/mol. The second kappa shape index (κ2) is 10.2. The van der Waals surface area contributed by atoms with Gasteiger partial charge in [-0.3, -0.25) is 20.2 Å². The molecule has 0 saturated heterocycles. The largest absolute Gasteiger partial charge is 0.487 e. The van der Waals surface area contributed by atoms with Gasteiger partial charge in [-0.15, -0.1) is 0 Å². The van der Waals surface area contributed by atoms with Gasteiger partial charge in [0.1, 0.15) is 11.5 Å². The maximum absolute atomic E-state index is 12.4. The number of hydrogen-bond acceptors (Lipinski definition) is 6. The van der Waals surface area contributed by atoms with Crippen LogP contribution < -0.4 is 15.4 Å². The van der Waals surface area contributed by atoms with Crippen molar-refractivity contribution in [2.45, 2.75) is 13.5 Å². The van der Waals surface area contributed by atoms with Gasteiger partial charge in [-0.2, -0.15) is 0 Å². The number of furan rings is 1. The normalized spacial score (nSPS) is 10.4. The van der Waals surface area contributed by atoms with Crippen LogP contribution in [0.4, 0.5) is 5.69 Å². The predicted molar refractivity (Wildman–Crippen MR) is 123 cm³/mol. The Hall–Kier alpha value is -3.24. The van der Waals surface area contributed by atoms with E-state index in [0.29, 0.717) is 11.5 Å². The van der Waals surface area contributed by atoms with Gasteiger partial charge >= 0.3 is 5.69 Å². The fraction of sp³-hybridized carbons (Fsp3) is 0.143. The minimum Gasteiger partial charge on any atom is -0.487 e. The number of rotatable bonds is 7. The van der Waals surface area contributed by atoms with E-state index in [4.69, 9.17) is 21.4 Å². The number of nitro groups is 1. The van der Waals surface area contributed by atoms with Crippen LogP contribution in [-0.4, -0.2) is 22.5 Å². The molecule has 3 rings (SSSR count). The molecule has 8 nitrogen and oxygen atoms in total. The van der Waals surface area contributed by atoms with Gasteiger partial charge in [0.05, 0.1) is 18.1 Å². The molecule has 0 bridgehead atoms. The number of hydrogen-bond donors (Lipinski definition) is 2. The van der Waals surface area contributed by atoms with E-state index in [1.54, 1.807) is 6.92 Å². The highest BCUT2D eigenvalue weighted by atomic mass is 79.9. The molecule has 1 amide bonds. The first kappa shape index (κ1) is 22.4. The van der Waals surface area contributed by atoms with Crippen molar-refractivity contribution < 1.29 is 18.9 Å². The van der Waals surface area contributed by atoms with Crippen molar-refractivity contribution in [2.75, 3.05) is 6.61 Å². The maximum atomic E-state index is 12.4. The van der Waals surface area contributed by atoms with Crippen LogP contribution in [0.15, 0.2) is 63.5 Å². The number of benzene rings is 2. The third kappa shape index (κ3) is 5.89. The first-order chi connectivity index (χ1) is 14.9. The van der Waals surface area contributed by atoms with Gasteiger partial charge in [0.15, 0.2) is 10.9 Å². The molecule has 0 fully saturated rings. The molecule has 2 aromatic carbocycles. The van der Waals surface area contributed by atoms with E-state index in [-0.39, 0.29) is 35.3 Å². The van der Waals surface area contributed by atoms with Gasteiger partial charge in [0.25, 0.3) is 5.91 Å². The highest BCUT2D eigenvalue weighted by Gasteiger charge is 2.19. The fourth-order valence-electron chi connectivity index (χ4n) is 2.71. The Morgan fingerprint density at radius 1 is 1.19 bits per heavy atom. The summed E-state index contributed by atoms with van der Waals surface area (Å²) in [6.07, 6.45) is 0. The highest BCUT2D eigenvalue weighted by Crippen LogP contribution is 2.28. The lowest BCUT2D eigenvalue weighted by Gasteiger charge is -2.09. The maximum Gasteiger partial charge on any atom is 0.311 e. The molecule has 0 aliphatic heterocycles. The lowest BCUT2D eigenvalue weighted by atomic mass is 10.1. The smallest absolute Gasteiger partial charge is 0.311 e. The molecule has 1 aromatic heterocycles. The molecule has 2 N–H and O–H groups in total. The zero-order valence-electron chi connectivity index (χ0n) is 16.4. The SMILES string of the molecule is CCOc1ccc(C(=O)NC(=S)NCc2ccc(-c3ccc(Br)cc3)o2)cc1[N+](=O)[O-]. The van der Waals surface area contributed by atoms with Crippen molar-refractivity contribution >= 4 is 44.9 Å². The molecule has 160 valence electrons. The molecular formula is C21H18BrN3O5S. The Kier molecular flexibility index (Phi) is 7.37. The number of thiocarbonyl (C=S) groups is 1. The molecule has 31 heavy (non-hydrogen) atoms. The summed E-state index contributed by atoms with van der Waals surface area (Å²) in [4.78, 5) is 23.0. The molecule has 0 unspecified atom stereocenters. The van der Waals surface area contributed by atoms with Crippen molar-refractivity contribution in [1.82, 2.24) is 10.6 Å². The topological polar surface area (TPSA) is 107 Å². The lowest BCUT2D eigenvalue weighted by molar-refractivity contribution is -0.385. The van der Waals surface area contributed by atoms with E-state index >= 15 is 0 Å². The van der Waals surface area contributed by atoms with Gasteiger partial charge in [-0.05, 0) is 55.5 Å². The van der Waals surface area contributed by atoms with Crippen LogP contribution in [0.1, 0.15) is 23.0 Å². The van der Waals surface area contributed by atoms with Crippen LogP contribution in [-0.2, 0) is 6.54 Å². The van der Waals surface area contributed by atoms with E-state index in [1.165, 1.54) is 12.1 Å². The predicted octanol–water partition coefficient (Wildman–Crippen LogP) is 4.82. The van der Waals surface area contributed by atoms with Crippen molar-refractivity contribution in [3.05, 3.63) is 80.5 Å². The number of carbonyl (C=O) groups is 1. The van der Waals surface area contributed by atoms with Gasteiger partial charge in [-0.1, -0.05) is 28.1 Å². The average molecular weight is 504 g/mol. The summed E-state index contributed by atoms with van der Waals surface area (Å²) < 4.78 is 12.0. The zero-order valence-corrected chi connectivity index (χ0v) is 18.8. The first-order valence-electron chi connectivity index (χ1n) is 9.22. The summed E-state index contributed by atoms with van der Waals surface area (Å²) in [6, 6.07) is 15.3. The minimum absolute atomic E-state index is 0.0723. The summed E-state index contributed by atoms with van der Waals surface area (Å²) in [5.74, 6) is 0.870. The second-order valence-electron chi connectivity index (χ2n) is 6.28. The Balaban J connectivity index is 1.58. The first-order valence-corrected chi connectivity index (χ1v) is 10.4. The van der Waals surface area contributed by atoms with Crippen LogP contribution in [0, 0.1) is 10.1 Å². The quantitative estimate of drug-likeness (QED) is 0.270. The van der Waals surface area contributed by atoms with Gasteiger partial charge < -0.3 is 14.5 Å². The summed E-state index contributed by atoms with van der Waals surface area (Å²) in [5.41, 5.74) is 0.738. The Bertz CT molecular complexity index is 1110. The Morgan fingerprint density at radius 2 is 1.94 bits per heavy atom. The standard InChI is InChI=1S/C21H18BrN3O5S/c1-2-29-19-9-5-14(11-17(19)25(27)28)20(26)24-21(31)23-12-16-8-10-18(30-16)13-3-6-15(22)7-4-13/h3-11H,2,12H2,1H3,(H2,23,24,26,31). The molecule has 0 spiro atoms. The number of carbonyl (C=O) groups excluding carboxylic acids is 1. The van der Waals surface area contributed by atoms with E-state index in [0.717, 1.165) is 16.1 Å². The van der Waals surface area contributed by atoms with Crippen LogP contribution in [0.3, 0.4) is 0 Å².